The second-order valence-electron chi connectivity index (χ2n) is 3.85. The van der Waals surface area contributed by atoms with Gasteiger partial charge in [-0.25, -0.2) is 4.98 Å². The molecule has 0 unspecified atom stereocenters. The third kappa shape index (κ3) is 1.04. The van der Waals surface area contributed by atoms with Crippen LogP contribution in [0.2, 0.25) is 0 Å². The van der Waals surface area contributed by atoms with Gasteiger partial charge in [0.25, 0.3) is 0 Å². The third-order valence-electron chi connectivity index (χ3n) is 2.57. The molecular formula is C9H12N2S. The summed E-state index contributed by atoms with van der Waals surface area (Å²) in [5.74, 6) is 2.36. The minimum atomic E-state index is 0.768. The summed E-state index contributed by atoms with van der Waals surface area (Å²) >= 11 is 1.86. The molecule has 0 aliphatic heterocycles. The molecule has 0 bridgehead atoms. The van der Waals surface area contributed by atoms with Gasteiger partial charge >= 0.3 is 0 Å². The van der Waals surface area contributed by atoms with E-state index in [1.54, 1.807) is 0 Å². The molecule has 0 amide bonds. The monoisotopic (exact) mass is 180 g/mol. The quantitative estimate of drug-likeness (QED) is 0.759. The van der Waals surface area contributed by atoms with Crippen LogP contribution in [-0.4, -0.2) is 4.98 Å². The zero-order valence-electron chi connectivity index (χ0n) is 6.92. The van der Waals surface area contributed by atoms with E-state index in [0.717, 1.165) is 17.7 Å². The number of nitrogen functional groups attached to an aromatic ring is 1. The Hall–Kier alpha value is -0.570. The Bertz CT molecular complexity index is 310. The van der Waals surface area contributed by atoms with Crippen LogP contribution in [0.3, 0.4) is 0 Å². The molecule has 0 aromatic carbocycles. The number of thiazole rings is 1. The molecule has 2 nitrogen and oxygen atoms in total. The van der Waals surface area contributed by atoms with E-state index in [2.05, 4.69) is 4.98 Å². The van der Waals surface area contributed by atoms with Gasteiger partial charge in [-0.1, -0.05) is 0 Å². The van der Waals surface area contributed by atoms with Gasteiger partial charge in [-0.3, -0.25) is 0 Å². The van der Waals surface area contributed by atoms with Crippen LogP contribution >= 0.6 is 11.3 Å². The van der Waals surface area contributed by atoms with E-state index < -0.39 is 0 Å². The van der Waals surface area contributed by atoms with Crippen LogP contribution < -0.4 is 5.73 Å². The van der Waals surface area contributed by atoms with Crippen LogP contribution in [0.1, 0.15) is 47.4 Å². The van der Waals surface area contributed by atoms with Gasteiger partial charge < -0.3 is 5.73 Å². The maximum atomic E-state index is 5.85. The lowest BCUT2D eigenvalue weighted by atomic mass is 10.3. The third-order valence-corrected chi connectivity index (χ3v) is 3.97. The second-order valence-corrected chi connectivity index (χ2v) is 4.91. The van der Waals surface area contributed by atoms with Gasteiger partial charge in [0.1, 0.15) is 5.82 Å². The Labute approximate surface area is 75.8 Å². The van der Waals surface area contributed by atoms with Crippen molar-refractivity contribution in [3.8, 4) is 0 Å². The Kier molecular flexibility index (Phi) is 1.28. The van der Waals surface area contributed by atoms with Crippen molar-refractivity contribution in [3.63, 3.8) is 0 Å². The fourth-order valence-electron chi connectivity index (χ4n) is 1.50. The molecule has 0 atom stereocenters. The molecule has 2 aliphatic rings. The lowest BCUT2D eigenvalue weighted by Gasteiger charge is -1.88. The largest absolute Gasteiger partial charge is 0.383 e. The molecule has 0 radical (unpaired) electrons. The van der Waals surface area contributed by atoms with Crippen molar-refractivity contribution in [1.29, 1.82) is 0 Å². The van der Waals surface area contributed by atoms with Crippen molar-refractivity contribution in [2.75, 3.05) is 5.73 Å². The number of anilines is 1. The normalized spacial score (nSPS) is 23.0. The Morgan fingerprint density at radius 1 is 1.17 bits per heavy atom. The van der Waals surface area contributed by atoms with Crippen molar-refractivity contribution >= 4 is 17.2 Å². The highest BCUT2D eigenvalue weighted by molar-refractivity contribution is 7.12. The highest BCUT2D eigenvalue weighted by Gasteiger charge is 2.32. The highest BCUT2D eigenvalue weighted by atomic mass is 32.1. The zero-order chi connectivity index (χ0) is 8.13. The molecule has 12 heavy (non-hydrogen) atoms. The first kappa shape index (κ1) is 6.89. The first-order valence-corrected chi connectivity index (χ1v) is 5.42. The lowest BCUT2D eigenvalue weighted by molar-refractivity contribution is 1.08. The molecule has 3 heteroatoms. The molecule has 64 valence electrons. The molecule has 2 fully saturated rings. The summed E-state index contributed by atoms with van der Waals surface area (Å²) in [5.41, 5.74) is 5.85. The van der Waals surface area contributed by atoms with Gasteiger partial charge in [0.05, 0.1) is 9.88 Å². The summed E-state index contributed by atoms with van der Waals surface area (Å²) in [6, 6.07) is 0. The van der Waals surface area contributed by atoms with E-state index in [1.807, 2.05) is 11.3 Å². The van der Waals surface area contributed by atoms with E-state index >= 15 is 0 Å². The van der Waals surface area contributed by atoms with Crippen molar-refractivity contribution in [2.45, 2.75) is 37.5 Å². The summed E-state index contributed by atoms with van der Waals surface area (Å²) in [5, 5.41) is 1.30. The minimum Gasteiger partial charge on any atom is -0.383 e. The molecular weight excluding hydrogens is 168 g/mol. The van der Waals surface area contributed by atoms with E-state index in [-0.39, 0.29) is 0 Å². The fraction of sp³-hybridized carbons (Fsp3) is 0.667. The first-order chi connectivity index (χ1) is 5.84. The number of nitrogens with two attached hydrogens (primary N) is 1. The molecule has 2 N–H and O–H groups in total. The Morgan fingerprint density at radius 2 is 1.83 bits per heavy atom. The SMILES string of the molecule is Nc1nc(C2CC2)sc1C1CC1. The first-order valence-electron chi connectivity index (χ1n) is 4.60. The Balaban J connectivity index is 1.96. The average molecular weight is 180 g/mol. The number of hydrogen-bond acceptors (Lipinski definition) is 3. The van der Waals surface area contributed by atoms with Gasteiger partial charge in [0.2, 0.25) is 0 Å². The van der Waals surface area contributed by atoms with Gasteiger partial charge in [-0.2, -0.15) is 0 Å². The lowest BCUT2D eigenvalue weighted by Crippen LogP contribution is -1.88. The average Bonchev–Trinajstić information content (AvgIpc) is 2.93. The number of aromatic nitrogens is 1. The number of rotatable bonds is 2. The van der Waals surface area contributed by atoms with Crippen LogP contribution in [0.15, 0.2) is 0 Å². The van der Waals surface area contributed by atoms with Gasteiger partial charge in [0.15, 0.2) is 0 Å². The second kappa shape index (κ2) is 2.22. The zero-order valence-corrected chi connectivity index (χ0v) is 7.73. The highest BCUT2D eigenvalue weighted by Crippen LogP contribution is 2.49. The van der Waals surface area contributed by atoms with Crippen LogP contribution in [0.5, 0.6) is 0 Å². The topological polar surface area (TPSA) is 38.9 Å². The molecule has 1 aromatic rings. The predicted octanol–water partition coefficient (Wildman–Crippen LogP) is 2.48. The molecule has 0 saturated heterocycles. The number of hydrogen-bond donors (Lipinski definition) is 1. The summed E-state index contributed by atoms with van der Waals surface area (Å²) < 4.78 is 0. The van der Waals surface area contributed by atoms with E-state index in [4.69, 9.17) is 5.73 Å². The van der Waals surface area contributed by atoms with Crippen molar-refractivity contribution < 1.29 is 0 Å². The molecule has 2 aliphatic carbocycles. The van der Waals surface area contributed by atoms with Crippen LogP contribution in [0, 0.1) is 0 Å². The van der Waals surface area contributed by atoms with Crippen LogP contribution in [0.25, 0.3) is 0 Å². The summed E-state index contributed by atoms with van der Waals surface area (Å²) in [6.45, 7) is 0. The maximum Gasteiger partial charge on any atom is 0.138 e. The fourth-order valence-corrected chi connectivity index (χ4v) is 2.83. The standard InChI is InChI=1S/C9H12N2S/c10-8-7(5-1-2-5)12-9(11-8)6-3-4-6/h5-6H,1-4,10H2. The van der Waals surface area contributed by atoms with Crippen molar-refractivity contribution in [2.24, 2.45) is 0 Å². The van der Waals surface area contributed by atoms with E-state index in [9.17, 15) is 0 Å². The van der Waals surface area contributed by atoms with Gasteiger partial charge in [0, 0.05) is 5.92 Å². The molecule has 1 aromatic heterocycles. The van der Waals surface area contributed by atoms with Crippen molar-refractivity contribution in [1.82, 2.24) is 4.98 Å². The number of nitrogens with zero attached hydrogens (tertiary/aromatic N) is 1. The summed E-state index contributed by atoms with van der Waals surface area (Å²) in [7, 11) is 0. The van der Waals surface area contributed by atoms with E-state index in [1.165, 1.54) is 35.6 Å². The maximum absolute atomic E-state index is 5.85. The summed E-state index contributed by atoms with van der Waals surface area (Å²) in [4.78, 5) is 5.80. The van der Waals surface area contributed by atoms with Crippen LogP contribution in [0.4, 0.5) is 5.82 Å². The Morgan fingerprint density at radius 3 is 2.42 bits per heavy atom. The molecule has 0 spiro atoms. The van der Waals surface area contributed by atoms with Gasteiger partial charge in [-0.15, -0.1) is 11.3 Å². The van der Waals surface area contributed by atoms with E-state index in [0.29, 0.717) is 0 Å². The smallest absolute Gasteiger partial charge is 0.138 e. The molecule has 3 rings (SSSR count). The molecule has 2 saturated carbocycles. The summed E-state index contributed by atoms with van der Waals surface area (Å²) in [6.07, 6.45) is 5.32. The van der Waals surface area contributed by atoms with Crippen LogP contribution in [-0.2, 0) is 0 Å². The van der Waals surface area contributed by atoms with Gasteiger partial charge in [-0.05, 0) is 31.6 Å². The predicted molar refractivity (Wildman–Crippen MR) is 50.5 cm³/mol. The molecule has 1 heterocycles. The minimum absolute atomic E-state index is 0.768. The van der Waals surface area contributed by atoms with Crippen molar-refractivity contribution in [3.05, 3.63) is 9.88 Å².